The van der Waals surface area contributed by atoms with E-state index < -0.39 is 0 Å². The van der Waals surface area contributed by atoms with Crippen LogP contribution >= 0.6 is 23.7 Å². The highest BCUT2D eigenvalue weighted by atomic mass is 35.5. The zero-order chi connectivity index (χ0) is 8.93. The molecule has 0 radical (unpaired) electrons. The van der Waals surface area contributed by atoms with E-state index in [4.69, 9.17) is 4.74 Å². The standard InChI is InChI=1S/C10H15NOS.ClH/c1-2-10(12-4-1)7-11-6-9-3-5-13-8-9;/h3,5,8,10-11H,1-2,4,6-7H2;1H. The Balaban J connectivity index is 0.000000980. The van der Waals surface area contributed by atoms with E-state index in [0.29, 0.717) is 6.10 Å². The Labute approximate surface area is 95.1 Å². The van der Waals surface area contributed by atoms with Crippen LogP contribution in [0.25, 0.3) is 0 Å². The van der Waals surface area contributed by atoms with E-state index in [1.165, 1.54) is 18.4 Å². The largest absolute Gasteiger partial charge is 0.377 e. The summed E-state index contributed by atoms with van der Waals surface area (Å²) in [5.41, 5.74) is 1.38. The van der Waals surface area contributed by atoms with Gasteiger partial charge in [0.05, 0.1) is 6.10 Å². The van der Waals surface area contributed by atoms with Crippen molar-refractivity contribution < 1.29 is 4.74 Å². The van der Waals surface area contributed by atoms with Crippen molar-refractivity contribution in [1.82, 2.24) is 5.32 Å². The Morgan fingerprint density at radius 1 is 1.57 bits per heavy atom. The normalized spacial score (nSPS) is 20.7. The molecule has 0 aromatic carbocycles. The van der Waals surface area contributed by atoms with Gasteiger partial charge in [0, 0.05) is 19.7 Å². The summed E-state index contributed by atoms with van der Waals surface area (Å²) in [6.07, 6.45) is 2.90. The smallest absolute Gasteiger partial charge is 0.0700 e. The maximum atomic E-state index is 5.51. The number of nitrogens with one attached hydrogen (secondary N) is 1. The monoisotopic (exact) mass is 233 g/mol. The van der Waals surface area contributed by atoms with E-state index in [-0.39, 0.29) is 12.4 Å². The summed E-state index contributed by atoms with van der Waals surface area (Å²) >= 11 is 1.75. The van der Waals surface area contributed by atoms with Crippen LogP contribution in [0.4, 0.5) is 0 Å². The fraction of sp³-hybridized carbons (Fsp3) is 0.600. The van der Waals surface area contributed by atoms with Gasteiger partial charge in [-0.3, -0.25) is 0 Å². The van der Waals surface area contributed by atoms with Crippen molar-refractivity contribution in [1.29, 1.82) is 0 Å². The highest BCUT2D eigenvalue weighted by molar-refractivity contribution is 7.07. The van der Waals surface area contributed by atoms with E-state index >= 15 is 0 Å². The van der Waals surface area contributed by atoms with Gasteiger partial charge in [0.15, 0.2) is 0 Å². The van der Waals surface area contributed by atoms with E-state index in [0.717, 1.165) is 19.7 Å². The van der Waals surface area contributed by atoms with Gasteiger partial charge >= 0.3 is 0 Å². The van der Waals surface area contributed by atoms with E-state index in [1.54, 1.807) is 11.3 Å². The topological polar surface area (TPSA) is 21.3 Å². The average molecular weight is 234 g/mol. The van der Waals surface area contributed by atoms with Crippen molar-refractivity contribution in [3.63, 3.8) is 0 Å². The van der Waals surface area contributed by atoms with Gasteiger partial charge in [-0.15, -0.1) is 12.4 Å². The summed E-state index contributed by atoms with van der Waals surface area (Å²) in [5.74, 6) is 0. The molecule has 0 bridgehead atoms. The third kappa shape index (κ3) is 3.58. The van der Waals surface area contributed by atoms with Gasteiger partial charge in [0.25, 0.3) is 0 Å². The maximum absolute atomic E-state index is 5.51. The first kappa shape index (κ1) is 12.0. The van der Waals surface area contributed by atoms with Crippen LogP contribution in [0.3, 0.4) is 0 Å². The van der Waals surface area contributed by atoms with Crippen LogP contribution in [-0.4, -0.2) is 19.3 Å². The zero-order valence-corrected chi connectivity index (χ0v) is 9.70. The Bertz CT molecular complexity index is 234. The summed E-state index contributed by atoms with van der Waals surface area (Å²) in [6, 6.07) is 2.16. The Kier molecular flexibility index (Phi) is 5.48. The third-order valence-corrected chi connectivity index (χ3v) is 3.04. The summed E-state index contributed by atoms with van der Waals surface area (Å²) in [4.78, 5) is 0. The van der Waals surface area contributed by atoms with Crippen molar-refractivity contribution in [3.8, 4) is 0 Å². The minimum absolute atomic E-state index is 0. The van der Waals surface area contributed by atoms with Crippen molar-refractivity contribution in [2.75, 3.05) is 13.2 Å². The molecule has 1 aliphatic heterocycles. The second kappa shape index (κ2) is 6.40. The summed E-state index contributed by atoms with van der Waals surface area (Å²) in [6.45, 7) is 2.92. The lowest BCUT2D eigenvalue weighted by Crippen LogP contribution is -2.25. The SMILES string of the molecule is Cl.c1cc(CNCC2CCCO2)cs1. The summed E-state index contributed by atoms with van der Waals surface area (Å²) < 4.78 is 5.51. The molecular weight excluding hydrogens is 218 g/mol. The second-order valence-electron chi connectivity index (χ2n) is 3.40. The van der Waals surface area contributed by atoms with Crippen LogP contribution in [0.2, 0.25) is 0 Å². The maximum Gasteiger partial charge on any atom is 0.0700 e. The number of rotatable bonds is 4. The molecule has 1 unspecified atom stereocenters. The fourth-order valence-electron chi connectivity index (χ4n) is 1.58. The Morgan fingerprint density at radius 2 is 2.50 bits per heavy atom. The van der Waals surface area contributed by atoms with Gasteiger partial charge in [-0.25, -0.2) is 0 Å². The van der Waals surface area contributed by atoms with Gasteiger partial charge in [-0.2, -0.15) is 11.3 Å². The van der Waals surface area contributed by atoms with Crippen LogP contribution in [0.1, 0.15) is 18.4 Å². The Morgan fingerprint density at radius 3 is 3.14 bits per heavy atom. The first-order valence-electron chi connectivity index (χ1n) is 4.78. The lowest BCUT2D eigenvalue weighted by atomic mass is 10.2. The van der Waals surface area contributed by atoms with Crippen molar-refractivity contribution in [2.45, 2.75) is 25.5 Å². The van der Waals surface area contributed by atoms with Crippen LogP contribution in [-0.2, 0) is 11.3 Å². The average Bonchev–Trinajstić information content (AvgIpc) is 2.75. The molecule has 0 aliphatic carbocycles. The third-order valence-electron chi connectivity index (χ3n) is 2.31. The van der Waals surface area contributed by atoms with Crippen LogP contribution in [0.15, 0.2) is 16.8 Å². The molecule has 2 heterocycles. The van der Waals surface area contributed by atoms with Gasteiger partial charge in [-0.1, -0.05) is 0 Å². The predicted octanol–water partition coefficient (Wildman–Crippen LogP) is 2.44. The molecule has 1 saturated heterocycles. The van der Waals surface area contributed by atoms with E-state index in [9.17, 15) is 0 Å². The first-order chi connectivity index (χ1) is 6.45. The molecule has 0 spiro atoms. The number of halogens is 1. The van der Waals surface area contributed by atoms with Gasteiger partial charge in [-0.05, 0) is 35.2 Å². The summed E-state index contributed by atoms with van der Waals surface area (Å²) in [7, 11) is 0. The zero-order valence-electron chi connectivity index (χ0n) is 8.07. The van der Waals surface area contributed by atoms with Crippen LogP contribution < -0.4 is 5.32 Å². The molecule has 80 valence electrons. The second-order valence-corrected chi connectivity index (χ2v) is 4.18. The highest BCUT2D eigenvalue weighted by Gasteiger charge is 2.14. The number of hydrogen-bond acceptors (Lipinski definition) is 3. The van der Waals surface area contributed by atoms with E-state index in [2.05, 4.69) is 22.1 Å². The van der Waals surface area contributed by atoms with Gasteiger partial charge in [0.1, 0.15) is 0 Å². The number of thiophene rings is 1. The van der Waals surface area contributed by atoms with Crippen LogP contribution in [0, 0.1) is 0 Å². The molecule has 14 heavy (non-hydrogen) atoms. The predicted molar refractivity (Wildman–Crippen MR) is 62.2 cm³/mol. The molecule has 2 nitrogen and oxygen atoms in total. The van der Waals surface area contributed by atoms with Crippen molar-refractivity contribution in [2.24, 2.45) is 0 Å². The lowest BCUT2D eigenvalue weighted by Gasteiger charge is -2.09. The first-order valence-corrected chi connectivity index (χ1v) is 5.73. The molecular formula is C10H16ClNOS. The molecule has 1 atom stereocenters. The lowest BCUT2D eigenvalue weighted by molar-refractivity contribution is 0.110. The fourth-order valence-corrected chi connectivity index (χ4v) is 2.24. The molecule has 0 amide bonds. The van der Waals surface area contributed by atoms with Gasteiger partial charge in [0.2, 0.25) is 0 Å². The number of hydrogen-bond donors (Lipinski definition) is 1. The van der Waals surface area contributed by atoms with Crippen LogP contribution in [0.5, 0.6) is 0 Å². The van der Waals surface area contributed by atoms with Crippen molar-refractivity contribution in [3.05, 3.63) is 22.4 Å². The molecule has 1 N–H and O–H groups in total. The quantitative estimate of drug-likeness (QED) is 0.863. The molecule has 1 fully saturated rings. The minimum Gasteiger partial charge on any atom is -0.377 e. The van der Waals surface area contributed by atoms with Gasteiger partial charge < -0.3 is 10.1 Å². The number of ether oxygens (including phenoxy) is 1. The molecule has 1 aromatic heterocycles. The molecule has 0 saturated carbocycles. The molecule has 2 rings (SSSR count). The molecule has 1 aromatic rings. The molecule has 1 aliphatic rings. The van der Waals surface area contributed by atoms with E-state index in [1.807, 2.05) is 0 Å². The van der Waals surface area contributed by atoms with Crippen molar-refractivity contribution >= 4 is 23.7 Å². The summed E-state index contributed by atoms with van der Waals surface area (Å²) in [5, 5.41) is 7.71. The molecule has 4 heteroatoms. The highest BCUT2D eigenvalue weighted by Crippen LogP contribution is 2.11. The Hall–Kier alpha value is -0.0900. The minimum atomic E-state index is 0.